The fraction of sp³-hybridized carbons (Fsp3) is 0.325. The number of ether oxygens (including phenoxy) is 3. The minimum absolute atomic E-state index is 0.0794. The molecular weight excluding hydrogens is 1490 g/mol. The highest BCUT2D eigenvalue weighted by molar-refractivity contribution is 6.65. The van der Waals surface area contributed by atoms with Crippen molar-refractivity contribution in [3.05, 3.63) is 207 Å². The van der Waals surface area contributed by atoms with Crippen molar-refractivity contribution in [2.75, 3.05) is 5.73 Å². The fourth-order valence-electron chi connectivity index (χ4n) is 13.0. The molecule has 10 aromatic rings. The van der Waals surface area contributed by atoms with E-state index >= 15 is 0 Å². The summed E-state index contributed by atoms with van der Waals surface area (Å²) in [6.45, 7) is 23.8. The first-order chi connectivity index (χ1) is 52.3. The normalized spacial score (nSPS) is 15.1. The summed E-state index contributed by atoms with van der Waals surface area (Å²) >= 11 is 11.8. The zero-order valence-electron chi connectivity index (χ0n) is 64.0. The van der Waals surface area contributed by atoms with Crippen LogP contribution in [0.1, 0.15) is 154 Å². The van der Waals surface area contributed by atoms with Crippen LogP contribution in [0.4, 0.5) is 37.1 Å². The molecule has 0 saturated carbocycles. The third kappa shape index (κ3) is 15.9. The Morgan fingerprint density at radius 3 is 1.26 bits per heavy atom. The van der Waals surface area contributed by atoms with Crippen molar-refractivity contribution >= 4 is 134 Å². The molecule has 0 bridgehead atoms. The summed E-state index contributed by atoms with van der Waals surface area (Å²) in [4.78, 5) is 134. The van der Waals surface area contributed by atoms with Gasteiger partial charge in [-0.05, 0) is 190 Å². The van der Waals surface area contributed by atoms with Crippen LogP contribution < -0.4 is 16.5 Å². The molecule has 1 saturated heterocycles. The summed E-state index contributed by atoms with van der Waals surface area (Å²) in [5.74, 6) is -2.37. The van der Waals surface area contributed by atoms with Gasteiger partial charge in [-0.15, -0.1) is 0 Å². The number of nitro benzene ring substituents is 3. The molecular formula is C77H79BCl2N14O18. The summed E-state index contributed by atoms with van der Waals surface area (Å²) in [5, 5.41) is 39.2. The van der Waals surface area contributed by atoms with Gasteiger partial charge in [-0.3, -0.25) is 49.5 Å². The highest BCUT2D eigenvalue weighted by Gasteiger charge is 2.52. The van der Waals surface area contributed by atoms with E-state index in [0.29, 0.717) is 33.0 Å². The Morgan fingerprint density at radius 1 is 0.482 bits per heavy atom. The predicted molar refractivity (Wildman–Crippen MR) is 416 cm³/mol. The molecule has 3 N–H and O–H groups in total. The highest BCUT2D eigenvalue weighted by atomic mass is 35.5. The standard InChI is InChI=1S/C21H20N4O5.C21H22N4O3.C14H19BN2O2.C13H13ClN2O5.C8H5ClN2O3/c1-21(2,3)30-20(27)24-11-15-12(5-6-16(25(28)29)17(15)19(24)26)13-7-9-22-18-14(13)8-10-23(18)4;1-21(2,3)28-20(27)25-11-15-12(5-6-16(22)17(15)19(25)26)13-7-9-23-18-14(13)8-10-24(18)4;1-13(2)14(3,4)19-15(18-13)11-6-8-16-12-10(11)7-9-17(12)5;1-13(2,3)21-12(18)15-6-7-8(14)4-5-9(16(19)20)10(7)11(15)17;9-5-1-2-6(11(13)14)7-4(5)3-10-8(7)12/h5-10H,11H2,1-4H3;5-10H,11,22H2,1-4H3;6-9H,1-5H3;4-5H,6H2,1-3H3;1-2H,3H2,(H,10,12). The van der Waals surface area contributed by atoms with Crippen LogP contribution in [0.5, 0.6) is 0 Å². The van der Waals surface area contributed by atoms with E-state index in [-0.39, 0.29) is 88.8 Å². The first-order valence-corrected chi connectivity index (χ1v) is 35.7. The summed E-state index contributed by atoms with van der Waals surface area (Å²) in [6.07, 6.45) is 8.66. The van der Waals surface area contributed by atoms with Crippen LogP contribution in [0.2, 0.25) is 10.0 Å². The second-order valence-corrected chi connectivity index (χ2v) is 31.5. The van der Waals surface area contributed by atoms with Crippen LogP contribution >= 0.6 is 23.2 Å². The number of nitrogen functional groups attached to an aromatic ring is 1. The first kappa shape index (κ1) is 80.8. The second kappa shape index (κ2) is 30.2. The molecule has 112 heavy (non-hydrogen) atoms. The molecule has 32 nitrogen and oxygen atoms in total. The van der Waals surface area contributed by atoms with Crippen molar-refractivity contribution < 1.29 is 71.9 Å². The molecule has 11 heterocycles. The number of pyridine rings is 3. The number of nitrogens with one attached hydrogen (secondary N) is 1. The monoisotopic (exact) mass is 1570 g/mol. The molecule has 0 spiro atoms. The van der Waals surface area contributed by atoms with Crippen LogP contribution in [0.25, 0.3) is 55.4 Å². The molecule has 4 aromatic carbocycles. The van der Waals surface area contributed by atoms with E-state index in [9.17, 15) is 63.9 Å². The molecule has 0 radical (unpaired) electrons. The Morgan fingerprint density at radius 2 is 0.830 bits per heavy atom. The molecule has 7 amide bonds. The Labute approximate surface area is 651 Å². The van der Waals surface area contributed by atoms with Crippen molar-refractivity contribution in [2.24, 2.45) is 21.1 Å². The van der Waals surface area contributed by atoms with Crippen molar-refractivity contribution in [2.45, 2.75) is 144 Å². The first-order valence-electron chi connectivity index (χ1n) is 34.9. The summed E-state index contributed by atoms with van der Waals surface area (Å²) in [7, 11) is 5.45. The third-order valence-corrected chi connectivity index (χ3v) is 19.6. The number of hydrogen-bond donors (Lipinski definition) is 2. The Bertz CT molecular complexity index is 5600. The van der Waals surface area contributed by atoms with Gasteiger partial charge in [-0.25, -0.2) is 44.0 Å². The van der Waals surface area contributed by atoms with Gasteiger partial charge in [0.1, 0.15) is 50.4 Å². The molecule has 15 rings (SSSR count). The van der Waals surface area contributed by atoms with Gasteiger partial charge in [-0.1, -0.05) is 29.3 Å². The molecule has 0 unspecified atom stereocenters. The van der Waals surface area contributed by atoms with Crippen molar-refractivity contribution in [1.29, 1.82) is 0 Å². The molecule has 5 aliphatic heterocycles. The number of carbonyl (C=O) groups is 7. The maximum absolute atomic E-state index is 13.0. The SMILES string of the molecule is CC(C)(C)OC(=O)N1Cc2c(Cl)ccc([N+](=O)[O-])c2C1=O.Cn1ccc2c(-c3ccc(N)c4c3CN(C(=O)OC(C)(C)C)C4=O)ccnc21.Cn1ccc2c(-c3ccc([N+](=O)[O-])c4c3CN(C(=O)OC(C)(C)C)C4=O)ccnc21.Cn1ccc2c(B3OC(C)(C)C(C)(C)O3)ccnc21.O=C1NCc2c(Cl)ccc([N+](=O)[O-])c21. The lowest BCUT2D eigenvalue weighted by Gasteiger charge is -2.32. The highest BCUT2D eigenvalue weighted by Crippen LogP contribution is 2.44. The number of rotatable bonds is 6. The van der Waals surface area contributed by atoms with Crippen LogP contribution in [0.15, 0.2) is 122 Å². The molecule has 0 atom stereocenters. The molecule has 6 aromatic heterocycles. The number of amides is 7. The average Bonchev–Trinajstić information content (AvgIpc) is 1.59. The van der Waals surface area contributed by atoms with Crippen molar-refractivity contribution in [3.63, 3.8) is 0 Å². The summed E-state index contributed by atoms with van der Waals surface area (Å²) in [6, 6.07) is 23.3. The maximum atomic E-state index is 13.0. The maximum Gasteiger partial charge on any atom is 0.495 e. The number of aromatic nitrogens is 6. The van der Waals surface area contributed by atoms with E-state index < -0.39 is 73.5 Å². The Kier molecular flexibility index (Phi) is 21.8. The topological polar surface area (TPSA) is 396 Å². The zero-order valence-corrected chi connectivity index (χ0v) is 65.5. The number of carbonyl (C=O) groups excluding carboxylic acids is 7. The minimum atomic E-state index is -0.853. The molecule has 5 aliphatic rings. The smallest absolute Gasteiger partial charge is 0.443 e. The lowest BCUT2D eigenvalue weighted by Crippen LogP contribution is -2.41. The minimum Gasteiger partial charge on any atom is -0.443 e. The van der Waals surface area contributed by atoms with E-state index in [2.05, 4.69) is 54.0 Å². The van der Waals surface area contributed by atoms with Gasteiger partial charge in [0.25, 0.3) is 40.7 Å². The number of anilines is 1. The van der Waals surface area contributed by atoms with E-state index in [1.54, 1.807) is 92.9 Å². The average molecular weight is 1570 g/mol. The lowest BCUT2D eigenvalue weighted by molar-refractivity contribution is -0.385. The van der Waals surface area contributed by atoms with Gasteiger partial charge in [0.15, 0.2) is 0 Å². The Balaban J connectivity index is 0.000000142. The predicted octanol–water partition coefficient (Wildman–Crippen LogP) is 14.3. The van der Waals surface area contributed by atoms with Crippen molar-refractivity contribution in [3.8, 4) is 22.3 Å². The van der Waals surface area contributed by atoms with Crippen LogP contribution in [-0.2, 0) is 70.8 Å². The van der Waals surface area contributed by atoms with Gasteiger partial charge in [0.2, 0.25) is 0 Å². The Hall–Kier alpha value is -12.2. The van der Waals surface area contributed by atoms with Gasteiger partial charge >= 0.3 is 25.4 Å². The molecule has 0 aliphatic carbocycles. The van der Waals surface area contributed by atoms with Gasteiger partial charge in [0, 0.05) is 126 Å². The largest absolute Gasteiger partial charge is 0.495 e. The lowest BCUT2D eigenvalue weighted by atomic mass is 9.78. The van der Waals surface area contributed by atoms with Crippen molar-refractivity contribution in [1.82, 2.24) is 48.7 Å². The number of imide groups is 3. The number of nitrogens with two attached hydrogens (primary N) is 1. The van der Waals surface area contributed by atoms with Crippen LogP contribution in [0, 0.1) is 30.3 Å². The number of nitrogens with zero attached hydrogens (tertiary/aromatic N) is 12. The molecule has 582 valence electrons. The molecule has 1 fully saturated rings. The van der Waals surface area contributed by atoms with E-state index in [1.807, 2.05) is 90.0 Å². The van der Waals surface area contributed by atoms with Crippen LogP contribution in [0.3, 0.4) is 0 Å². The number of fused-ring (bicyclic) bond motifs is 7. The van der Waals surface area contributed by atoms with Gasteiger partial charge in [0.05, 0.1) is 51.2 Å². The molecule has 35 heteroatoms. The second-order valence-electron chi connectivity index (χ2n) is 30.6. The number of aryl methyl sites for hydroxylation is 3. The van der Waals surface area contributed by atoms with Crippen LogP contribution in [-0.4, -0.2) is 135 Å². The van der Waals surface area contributed by atoms with E-state index in [4.69, 9.17) is 52.5 Å². The van der Waals surface area contributed by atoms with Gasteiger partial charge in [-0.2, -0.15) is 0 Å². The van der Waals surface area contributed by atoms with Gasteiger partial charge < -0.3 is 48.3 Å². The fourth-order valence-corrected chi connectivity index (χ4v) is 13.5. The van der Waals surface area contributed by atoms with E-state index in [1.165, 1.54) is 24.3 Å². The van der Waals surface area contributed by atoms with E-state index in [0.717, 1.165) is 81.6 Å². The number of benzene rings is 4. The zero-order chi connectivity index (χ0) is 82.1. The third-order valence-electron chi connectivity index (χ3n) is 18.9. The number of nitro groups is 3. The summed E-state index contributed by atoms with van der Waals surface area (Å²) in [5.41, 5.74) is 11.6. The summed E-state index contributed by atoms with van der Waals surface area (Å²) < 4.78 is 33.9. The number of hydrogen-bond acceptors (Lipinski definition) is 22. The number of halogens is 2. The quantitative estimate of drug-likeness (QED) is 0.0513.